The van der Waals surface area contributed by atoms with Crippen LogP contribution in [-0.4, -0.2) is 65.2 Å². The van der Waals surface area contributed by atoms with E-state index in [2.05, 4.69) is 0 Å². The lowest BCUT2D eigenvalue weighted by atomic mass is 10.0. The second kappa shape index (κ2) is 6.23. The molecule has 0 saturated carbocycles. The number of halogens is 3. The first-order chi connectivity index (χ1) is 8.75. The van der Waals surface area contributed by atoms with E-state index in [4.69, 9.17) is 5.11 Å². The van der Waals surface area contributed by atoms with Gasteiger partial charge in [0.1, 0.15) is 0 Å². The van der Waals surface area contributed by atoms with Crippen molar-refractivity contribution in [2.75, 3.05) is 26.2 Å². The van der Waals surface area contributed by atoms with E-state index in [1.165, 1.54) is 0 Å². The van der Waals surface area contributed by atoms with E-state index in [0.717, 1.165) is 4.90 Å². The normalized spacial score (nSPS) is 17.8. The third-order valence-corrected chi connectivity index (χ3v) is 3.26. The highest BCUT2D eigenvalue weighted by Crippen LogP contribution is 2.23. The molecule has 110 valence electrons. The van der Waals surface area contributed by atoms with E-state index in [1.54, 1.807) is 11.8 Å². The molecule has 19 heavy (non-hydrogen) atoms. The van der Waals surface area contributed by atoms with Gasteiger partial charge in [0.15, 0.2) is 0 Å². The number of hydrogen-bond acceptors (Lipinski definition) is 3. The number of likely N-dealkylation sites (tertiary alicyclic amines) is 1. The number of piperidine rings is 1. The maximum absolute atomic E-state index is 12.2. The van der Waals surface area contributed by atoms with Crippen molar-refractivity contribution in [1.29, 1.82) is 0 Å². The average molecular weight is 282 g/mol. The topological polar surface area (TPSA) is 60.9 Å². The molecule has 0 unspecified atom stereocenters. The largest absolute Gasteiger partial charge is 0.480 e. The number of alkyl halides is 3. The summed E-state index contributed by atoms with van der Waals surface area (Å²) in [5, 5.41) is 8.74. The van der Waals surface area contributed by atoms with Gasteiger partial charge in [-0.25, -0.2) is 0 Å². The second-order valence-electron chi connectivity index (χ2n) is 4.48. The van der Waals surface area contributed by atoms with Crippen LogP contribution in [0, 0.1) is 0 Å². The lowest BCUT2D eigenvalue weighted by Crippen LogP contribution is -2.50. The van der Waals surface area contributed by atoms with Gasteiger partial charge in [-0.3, -0.25) is 14.5 Å². The Hall–Kier alpha value is -1.31. The van der Waals surface area contributed by atoms with Crippen molar-refractivity contribution >= 4 is 11.9 Å². The number of likely N-dealkylation sites (N-methyl/N-ethyl adjacent to an activating group) is 1. The molecule has 0 bridgehead atoms. The molecule has 0 aromatic heterocycles. The molecule has 1 N–H and O–H groups in total. The Morgan fingerprint density at radius 3 is 2.21 bits per heavy atom. The van der Waals surface area contributed by atoms with Gasteiger partial charge in [0.25, 0.3) is 0 Å². The highest BCUT2D eigenvalue weighted by Gasteiger charge is 2.43. The molecular formula is C11H17F3N2O3. The molecule has 1 aliphatic rings. The number of carbonyl (C=O) groups excluding carboxylic acids is 1. The highest BCUT2D eigenvalue weighted by molar-refractivity contribution is 5.81. The van der Waals surface area contributed by atoms with Gasteiger partial charge in [0.2, 0.25) is 0 Å². The number of nitrogens with zero attached hydrogens (tertiary/aromatic N) is 2. The third-order valence-electron chi connectivity index (χ3n) is 3.26. The first-order valence-electron chi connectivity index (χ1n) is 6.07. The Bertz CT molecular complexity index is 339. The lowest BCUT2D eigenvalue weighted by molar-refractivity contribution is -0.186. The van der Waals surface area contributed by atoms with Crippen molar-refractivity contribution in [3.8, 4) is 0 Å². The van der Waals surface area contributed by atoms with Gasteiger partial charge >= 0.3 is 18.1 Å². The molecule has 1 heterocycles. The van der Waals surface area contributed by atoms with Crippen molar-refractivity contribution in [2.24, 2.45) is 0 Å². The minimum absolute atomic E-state index is 0.0130. The van der Waals surface area contributed by atoms with Crippen LogP contribution >= 0.6 is 0 Å². The molecule has 0 aromatic carbocycles. The van der Waals surface area contributed by atoms with E-state index in [-0.39, 0.29) is 25.7 Å². The number of carboxylic acids is 1. The van der Waals surface area contributed by atoms with Gasteiger partial charge in [0, 0.05) is 19.1 Å². The van der Waals surface area contributed by atoms with Crippen LogP contribution in [0.4, 0.5) is 13.2 Å². The van der Waals surface area contributed by atoms with Crippen LogP contribution in [0.1, 0.15) is 19.8 Å². The molecular weight excluding hydrogens is 265 g/mol. The van der Waals surface area contributed by atoms with Crippen LogP contribution in [0.25, 0.3) is 0 Å². The molecule has 8 heteroatoms. The van der Waals surface area contributed by atoms with Gasteiger partial charge in [-0.05, 0) is 19.4 Å². The van der Waals surface area contributed by atoms with E-state index >= 15 is 0 Å². The molecule has 1 fully saturated rings. The van der Waals surface area contributed by atoms with Gasteiger partial charge in [-0.1, -0.05) is 6.92 Å². The molecule has 1 saturated heterocycles. The van der Waals surface area contributed by atoms with Crippen LogP contribution in [0.2, 0.25) is 0 Å². The fraction of sp³-hybridized carbons (Fsp3) is 0.818. The summed E-state index contributed by atoms with van der Waals surface area (Å²) in [4.78, 5) is 24.2. The predicted octanol–water partition coefficient (Wildman–Crippen LogP) is 0.946. The number of carboxylic acid groups (broad SMARTS) is 1. The lowest BCUT2D eigenvalue weighted by Gasteiger charge is -2.37. The molecule has 0 aliphatic carbocycles. The summed E-state index contributed by atoms with van der Waals surface area (Å²) >= 11 is 0. The quantitative estimate of drug-likeness (QED) is 0.834. The van der Waals surface area contributed by atoms with E-state index in [0.29, 0.717) is 19.4 Å². The average Bonchev–Trinajstić information content (AvgIpc) is 2.34. The Morgan fingerprint density at radius 1 is 1.32 bits per heavy atom. The number of amides is 1. The smallest absolute Gasteiger partial charge is 0.471 e. The molecule has 5 nitrogen and oxygen atoms in total. The van der Waals surface area contributed by atoms with Gasteiger partial charge in [-0.2, -0.15) is 13.2 Å². The summed E-state index contributed by atoms with van der Waals surface area (Å²) in [5.74, 6) is -2.78. The SMILES string of the molecule is CCN(CC(=O)O)C1CCN(C(=O)C(F)(F)F)CC1. The van der Waals surface area contributed by atoms with E-state index < -0.39 is 18.1 Å². The van der Waals surface area contributed by atoms with Gasteiger partial charge < -0.3 is 10.0 Å². The van der Waals surface area contributed by atoms with Crippen molar-refractivity contribution in [3.05, 3.63) is 0 Å². The number of aliphatic carboxylic acids is 1. The standard InChI is InChI=1S/C11H17F3N2O3/c1-2-15(7-9(17)18)8-3-5-16(6-4-8)10(19)11(12,13)14/h8H,2-7H2,1H3,(H,17,18). The van der Waals surface area contributed by atoms with Crippen molar-refractivity contribution in [3.63, 3.8) is 0 Å². The maximum Gasteiger partial charge on any atom is 0.471 e. The summed E-state index contributed by atoms with van der Waals surface area (Å²) in [6.45, 7) is 2.22. The summed E-state index contributed by atoms with van der Waals surface area (Å²) in [7, 11) is 0. The summed E-state index contributed by atoms with van der Waals surface area (Å²) < 4.78 is 36.7. The van der Waals surface area contributed by atoms with E-state index in [1.807, 2.05) is 0 Å². The minimum Gasteiger partial charge on any atom is -0.480 e. The van der Waals surface area contributed by atoms with Gasteiger partial charge in [-0.15, -0.1) is 0 Å². The maximum atomic E-state index is 12.2. The first-order valence-corrected chi connectivity index (χ1v) is 6.07. The fourth-order valence-electron chi connectivity index (χ4n) is 2.29. The molecule has 1 aliphatic heterocycles. The van der Waals surface area contributed by atoms with Crippen molar-refractivity contribution in [1.82, 2.24) is 9.80 Å². The molecule has 0 radical (unpaired) electrons. The summed E-state index contributed by atoms with van der Waals surface area (Å²) in [6, 6.07) is -0.0848. The zero-order chi connectivity index (χ0) is 14.6. The molecule has 0 spiro atoms. The molecule has 0 aromatic rings. The monoisotopic (exact) mass is 282 g/mol. The first kappa shape index (κ1) is 15.7. The molecule has 1 rings (SSSR count). The Balaban J connectivity index is 2.52. The van der Waals surface area contributed by atoms with Crippen LogP contribution in [-0.2, 0) is 9.59 Å². The number of rotatable bonds is 4. The molecule has 1 amide bonds. The zero-order valence-corrected chi connectivity index (χ0v) is 10.6. The van der Waals surface area contributed by atoms with Crippen LogP contribution in [0.15, 0.2) is 0 Å². The van der Waals surface area contributed by atoms with E-state index in [9.17, 15) is 22.8 Å². The minimum atomic E-state index is -4.83. The Labute approximate surface area is 109 Å². The highest BCUT2D eigenvalue weighted by atomic mass is 19.4. The summed E-state index contributed by atoms with van der Waals surface area (Å²) in [5.41, 5.74) is 0. The van der Waals surface area contributed by atoms with Crippen LogP contribution in [0.3, 0.4) is 0 Å². The summed E-state index contributed by atoms with van der Waals surface area (Å²) in [6.07, 6.45) is -4.11. The second-order valence-corrected chi connectivity index (χ2v) is 4.48. The fourth-order valence-corrected chi connectivity index (χ4v) is 2.29. The Kier molecular flexibility index (Phi) is 5.16. The molecule has 0 atom stereocenters. The number of carbonyl (C=O) groups is 2. The van der Waals surface area contributed by atoms with Gasteiger partial charge in [0.05, 0.1) is 6.54 Å². The Morgan fingerprint density at radius 2 is 1.84 bits per heavy atom. The number of hydrogen-bond donors (Lipinski definition) is 1. The van der Waals surface area contributed by atoms with Crippen LogP contribution in [0.5, 0.6) is 0 Å². The van der Waals surface area contributed by atoms with Crippen LogP contribution < -0.4 is 0 Å². The zero-order valence-electron chi connectivity index (χ0n) is 10.6. The van der Waals surface area contributed by atoms with Crippen molar-refractivity contribution < 1.29 is 27.9 Å². The predicted molar refractivity (Wildman–Crippen MR) is 60.5 cm³/mol. The third kappa shape index (κ3) is 4.38. The van der Waals surface area contributed by atoms with Crippen molar-refractivity contribution in [2.45, 2.75) is 32.0 Å².